The maximum absolute atomic E-state index is 14.7. The van der Waals surface area contributed by atoms with Gasteiger partial charge in [0, 0.05) is 12.6 Å². The molecule has 0 radical (unpaired) electrons. The molecule has 2 aliphatic rings. The van der Waals surface area contributed by atoms with Crippen molar-refractivity contribution in [3.63, 3.8) is 0 Å². The zero-order valence-corrected chi connectivity index (χ0v) is 20.7. The van der Waals surface area contributed by atoms with Crippen LogP contribution in [0.4, 0.5) is 4.39 Å². The molecule has 0 aliphatic carbocycles. The van der Waals surface area contributed by atoms with Crippen LogP contribution in [-0.4, -0.2) is 40.9 Å². The molecule has 5 nitrogen and oxygen atoms in total. The number of aromatic hydroxyl groups is 2. The lowest BCUT2D eigenvalue weighted by atomic mass is 10.00. The normalized spacial score (nSPS) is 22.9. The molecule has 0 unspecified atom stereocenters. The lowest BCUT2D eigenvalue weighted by Gasteiger charge is -2.34. The predicted molar refractivity (Wildman–Crippen MR) is 135 cm³/mol. The number of likely N-dealkylation sites (tertiary alicyclic amines) is 1. The van der Waals surface area contributed by atoms with E-state index in [0.717, 1.165) is 35.9 Å². The van der Waals surface area contributed by atoms with E-state index in [1.165, 1.54) is 24.2 Å². The zero-order valence-electron chi connectivity index (χ0n) is 19.9. The van der Waals surface area contributed by atoms with Gasteiger partial charge in [-0.1, -0.05) is 31.2 Å². The molecule has 5 rings (SSSR count). The van der Waals surface area contributed by atoms with Gasteiger partial charge in [0.1, 0.15) is 30.0 Å². The summed E-state index contributed by atoms with van der Waals surface area (Å²) >= 11 is 1.31. The fourth-order valence-corrected chi connectivity index (χ4v) is 6.04. The number of phenolic OH excluding ortho intramolecular Hbond substituents is 2. The molecule has 7 heteroatoms. The number of benzene rings is 3. The molecule has 1 saturated heterocycles. The van der Waals surface area contributed by atoms with E-state index in [1.54, 1.807) is 18.2 Å². The average molecular weight is 496 g/mol. The minimum atomic E-state index is -0.681. The molecule has 0 spiro atoms. The quantitative estimate of drug-likeness (QED) is 0.418. The standard InChI is InChI=1S/C28H30FNO4S/c1-17-13-14-30(15-17)18(2)16-33-22-9-5-19(6-10-22)26-27(20-3-7-21(31)8-4-20)35-28-24(34-26)12-11-23(32)25(28)29/h3-12,17-18,26-27,31-32H,13-16H2,1-2H3/t17-,18+,26+,27-/m1/s1. The topological polar surface area (TPSA) is 62.2 Å². The number of phenols is 2. The third-order valence-electron chi connectivity index (χ3n) is 6.81. The molecule has 1 fully saturated rings. The van der Waals surface area contributed by atoms with Crippen LogP contribution in [0.15, 0.2) is 65.6 Å². The van der Waals surface area contributed by atoms with Crippen LogP contribution in [-0.2, 0) is 0 Å². The predicted octanol–water partition coefficient (Wildman–Crippen LogP) is 6.31. The Kier molecular flexibility index (Phi) is 6.80. The van der Waals surface area contributed by atoms with E-state index >= 15 is 0 Å². The second-order valence-electron chi connectivity index (χ2n) is 9.51. The van der Waals surface area contributed by atoms with Crippen molar-refractivity contribution in [2.24, 2.45) is 5.92 Å². The van der Waals surface area contributed by atoms with Crippen LogP contribution in [0, 0.1) is 11.7 Å². The molecule has 0 aromatic heterocycles. The van der Waals surface area contributed by atoms with Crippen LogP contribution in [0.3, 0.4) is 0 Å². The van der Waals surface area contributed by atoms with Crippen LogP contribution in [0.2, 0.25) is 0 Å². The maximum atomic E-state index is 14.7. The lowest BCUT2D eigenvalue weighted by molar-refractivity contribution is 0.168. The largest absolute Gasteiger partial charge is 0.508 e. The highest BCUT2D eigenvalue weighted by atomic mass is 32.2. The third kappa shape index (κ3) is 5.07. The van der Waals surface area contributed by atoms with Gasteiger partial charge in [0.2, 0.25) is 0 Å². The number of hydrogen-bond acceptors (Lipinski definition) is 6. The van der Waals surface area contributed by atoms with Crippen molar-refractivity contribution in [2.45, 2.75) is 42.6 Å². The SMILES string of the molecule is C[C@@H]1CCN([C@@H](C)COc2ccc([C@@H]3Oc4ccc(O)c(F)c4S[C@@H]3c3ccc(O)cc3)cc2)C1. The highest BCUT2D eigenvalue weighted by Crippen LogP contribution is 2.55. The van der Waals surface area contributed by atoms with Gasteiger partial charge in [-0.3, -0.25) is 4.90 Å². The van der Waals surface area contributed by atoms with Crippen molar-refractivity contribution in [3.8, 4) is 23.0 Å². The number of hydrogen-bond donors (Lipinski definition) is 2. The van der Waals surface area contributed by atoms with Crippen LogP contribution >= 0.6 is 11.8 Å². The van der Waals surface area contributed by atoms with Crippen molar-refractivity contribution in [3.05, 3.63) is 77.6 Å². The average Bonchev–Trinajstić information content (AvgIpc) is 3.31. The fourth-order valence-electron chi connectivity index (χ4n) is 4.71. The monoisotopic (exact) mass is 495 g/mol. The van der Waals surface area contributed by atoms with E-state index in [9.17, 15) is 14.6 Å². The van der Waals surface area contributed by atoms with E-state index in [1.807, 2.05) is 36.4 Å². The van der Waals surface area contributed by atoms with Crippen molar-refractivity contribution in [2.75, 3.05) is 19.7 Å². The summed E-state index contributed by atoms with van der Waals surface area (Å²) in [5.74, 6) is 1.03. The van der Waals surface area contributed by atoms with Crippen LogP contribution in [0.1, 0.15) is 42.7 Å². The van der Waals surface area contributed by atoms with Crippen LogP contribution in [0.25, 0.3) is 0 Å². The van der Waals surface area contributed by atoms with Crippen LogP contribution in [0.5, 0.6) is 23.0 Å². The van der Waals surface area contributed by atoms with Gasteiger partial charge in [0.25, 0.3) is 0 Å². The minimum Gasteiger partial charge on any atom is -0.508 e. The number of thioether (sulfide) groups is 1. The Hall–Kier alpha value is -2.90. The number of rotatable bonds is 6. The van der Waals surface area contributed by atoms with Gasteiger partial charge in [0.05, 0.1) is 10.1 Å². The second-order valence-corrected chi connectivity index (χ2v) is 10.7. The summed E-state index contributed by atoms with van der Waals surface area (Å²) in [5.41, 5.74) is 1.82. The fraction of sp³-hybridized carbons (Fsp3) is 0.357. The molecule has 35 heavy (non-hydrogen) atoms. The number of ether oxygens (including phenoxy) is 2. The van der Waals surface area contributed by atoms with E-state index in [-0.39, 0.29) is 22.0 Å². The molecule has 3 aromatic carbocycles. The van der Waals surface area contributed by atoms with E-state index in [4.69, 9.17) is 9.47 Å². The number of nitrogens with zero attached hydrogens (tertiary/aromatic N) is 1. The summed E-state index contributed by atoms with van der Waals surface area (Å²) < 4.78 is 27.1. The summed E-state index contributed by atoms with van der Waals surface area (Å²) in [6.07, 6.45) is 0.854. The van der Waals surface area contributed by atoms with Gasteiger partial charge in [-0.2, -0.15) is 0 Å². The van der Waals surface area contributed by atoms with Crippen LogP contribution < -0.4 is 9.47 Å². The molecule has 2 heterocycles. The Labute approximate surface area is 209 Å². The second kappa shape index (κ2) is 9.99. The summed E-state index contributed by atoms with van der Waals surface area (Å²) in [6, 6.07) is 18.0. The molecule has 0 bridgehead atoms. The first-order valence-electron chi connectivity index (χ1n) is 12.0. The molecule has 0 saturated carbocycles. The van der Waals surface area contributed by atoms with Crippen molar-refractivity contribution >= 4 is 11.8 Å². The third-order valence-corrected chi connectivity index (χ3v) is 8.20. The first-order valence-corrected chi connectivity index (χ1v) is 12.9. The Bertz CT molecular complexity index is 1170. The van der Waals surface area contributed by atoms with Gasteiger partial charge in [-0.05, 0) is 73.3 Å². The van der Waals surface area contributed by atoms with Gasteiger partial charge >= 0.3 is 0 Å². The molecule has 0 amide bonds. The lowest BCUT2D eigenvalue weighted by Crippen LogP contribution is -2.35. The molecular formula is C28H30FNO4S. The number of fused-ring (bicyclic) bond motifs is 1. The summed E-state index contributed by atoms with van der Waals surface area (Å²) in [6.45, 7) is 7.38. The van der Waals surface area contributed by atoms with Gasteiger partial charge in [-0.15, -0.1) is 11.8 Å². The van der Waals surface area contributed by atoms with Gasteiger partial charge in [0.15, 0.2) is 11.6 Å². The first kappa shape index (κ1) is 23.8. The summed E-state index contributed by atoms with van der Waals surface area (Å²) in [7, 11) is 0. The molecule has 2 aliphatic heterocycles. The van der Waals surface area contributed by atoms with E-state index in [0.29, 0.717) is 18.4 Å². The highest BCUT2D eigenvalue weighted by molar-refractivity contribution is 7.99. The Morgan fingerprint density at radius 1 is 1.06 bits per heavy atom. The number of halogens is 1. The Morgan fingerprint density at radius 3 is 2.46 bits per heavy atom. The maximum Gasteiger partial charge on any atom is 0.182 e. The first-order chi connectivity index (χ1) is 16.9. The highest BCUT2D eigenvalue weighted by Gasteiger charge is 2.35. The van der Waals surface area contributed by atoms with Gasteiger partial charge in [-0.25, -0.2) is 4.39 Å². The zero-order chi connectivity index (χ0) is 24.5. The molecule has 2 N–H and O–H groups in total. The molecule has 184 valence electrons. The molecular weight excluding hydrogens is 465 g/mol. The minimum absolute atomic E-state index is 0.162. The smallest absolute Gasteiger partial charge is 0.182 e. The van der Waals surface area contributed by atoms with Crippen molar-refractivity contribution in [1.29, 1.82) is 0 Å². The van der Waals surface area contributed by atoms with Crippen molar-refractivity contribution < 1.29 is 24.1 Å². The summed E-state index contributed by atoms with van der Waals surface area (Å²) in [4.78, 5) is 2.76. The Morgan fingerprint density at radius 2 is 1.77 bits per heavy atom. The van der Waals surface area contributed by atoms with Gasteiger partial charge < -0.3 is 19.7 Å². The molecule has 4 atom stereocenters. The van der Waals surface area contributed by atoms with E-state index < -0.39 is 11.6 Å². The Balaban J connectivity index is 1.36. The van der Waals surface area contributed by atoms with E-state index in [2.05, 4.69) is 18.7 Å². The van der Waals surface area contributed by atoms with Crippen molar-refractivity contribution in [1.82, 2.24) is 4.90 Å². The summed E-state index contributed by atoms with van der Waals surface area (Å²) in [5, 5.41) is 19.3. The molecule has 3 aromatic rings.